The Morgan fingerprint density at radius 3 is 2.58 bits per heavy atom. The highest BCUT2D eigenvalue weighted by Crippen LogP contribution is 2.29. The second-order valence-electron chi connectivity index (χ2n) is 5.46. The van der Waals surface area contributed by atoms with E-state index in [0.717, 1.165) is 25.1 Å². The Morgan fingerprint density at radius 2 is 2.05 bits per heavy atom. The molecule has 1 unspecified atom stereocenters. The Kier molecular flexibility index (Phi) is 4.57. The van der Waals surface area contributed by atoms with Gasteiger partial charge in [-0.25, -0.2) is 0 Å². The van der Waals surface area contributed by atoms with E-state index in [4.69, 9.17) is 0 Å². The lowest BCUT2D eigenvalue weighted by atomic mass is 9.90. The third kappa shape index (κ3) is 3.34. The molecule has 0 heterocycles. The number of rotatable bonds is 7. The molecule has 1 aromatic carbocycles. The zero-order chi connectivity index (χ0) is 13.7. The predicted molar refractivity (Wildman–Crippen MR) is 77.7 cm³/mol. The first-order valence-corrected chi connectivity index (χ1v) is 7.14. The number of hydrogen-bond donors (Lipinski definition) is 1. The van der Waals surface area contributed by atoms with Gasteiger partial charge in [-0.2, -0.15) is 5.26 Å². The van der Waals surface area contributed by atoms with E-state index < -0.39 is 5.54 Å². The van der Waals surface area contributed by atoms with Crippen molar-refractivity contribution in [2.45, 2.75) is 37.8 Å². The zero-order valence-corrected chi connectivity index (χ0v) is 11.9. The largest absolute Gasteiger partial charge is 0.300 e. The molecule has 19 heavy (non-hydrogen) atoms. The van der Waals surface area contributed by atoms with Crippen LogP contribution in [-0.2, 0) is 5.54 Å². The SMILES string of the molecule is CCCNC(C#N)(CN(C)C1CC1)c1ccccc1. The third-order valence-corrected chi connectivity index (χ3v) is 3.79. The predicted octanol–water partition coefficient (Wildman–Crippen LogP) is 2.50. The van der Waals surface area contributed by atoms with Gasteiger partial charge < -0.3 is 4.90 Å². The van der Waals surface area contributed by atoms with Crippen LogP contribution >= 0.6 is 0 Å². The number of nitrogens with zero attached hydrogens (tertiary/aromatic N) is 2. The minimum Gasteiger partial charge on any atom is -0.300 e. The van der Waals surface area contributed by atoms with Crippen LogP contribution in [0.1, 0.15) is 31.7 Å². The topological polar surface area (TPSA) is 39.1 Å². The molecule has 3 nitrogen and oxygen atoms in total. The summed E-state index contributed by atoms with van der Waals surface area (Å²) in [5.41, 5.74) is 0.479. The summed E-state index contributed by atoms with van der Waals surface area (Å²) in [7, 11) is 2.13. The molecule has 1 N–H and O–H groups in total. The van der Waals surface area contributed by atoms with E-state index in [9.17, 15) is 5.26 Å². The van der Waals surface area contributed by atoms with E-state index in [1.165, 1.54) is 12.8 Å². The van der Waals surface area contributed by atoms with Gasteiger partial charge in [0.05, 0.1) is 6.07 Å². The monoisotopic (exact) mass is 257 g/mol. The van der Waals surface area contributed by atoms with Gasteiger partial charge >= 0.3 is 0 Å². The highest BCUT2D eigenvalue weighted by atomic mass is 15.2. The van der Waals surface area contributed by atoms with Gasteiger partial charge in [-0.05, 0) is 38.4 Å². The smallest absolute Gasteiger partial charge is 0.145 e. The van der Waals surface area contributed by atoms with Gasteiger partial charge in [0.2, 0.25) is 0 Å². The van der Waals surface area contributed by atoms with E-state index in [1.54, 1.807) is 0 Å². The molecule has 2 rings (SSSR count). The van der Waals surface area contributed by atoms with Gasteiger partial charge in [0.25, 0.3) is 0 Å². The quantitative estimate of drug-likeness (QED) is 0.815. The van der Waals surface area contributed by atoms with E-state index in [1.807, 2.05) is 30.3 Å². The highest BCUT2D eigenvalue weighted by Gasteiger charge is 2.37. The fourth-order valence-corrected chi connectivity index (χ4v) is 2.47. The van der Waals surface area contributed by atoms with Crippen LogP contribution in [0.3, 0.4) is 0 Å². The van der Waals surface area contributed by atoms with Crippen molar-refractivity contribution in [3.63, 3.8) is 0 Å². The Morgan fingerprint density at radius 1 is 1.37 bits per heavy atom. The molecule has 1 fully saturated rings. The number of benzene rings is 1. The summed E-state index contributed by atoms with van der Waals surface area (Å²) >= 11 is 0. The van der Waals surface area contributed by atoms with Crippen molar-refractivity contribution in [2.24, 2.45) is 0 Å². The molecule has 1 aromatic rings. The minimum absolute atomic E-state index is 0.589. The standard InChI is InChI=1S/C16H23N3/c1-3-11-18-16(12-17,13-19(2)15-9-10-15)14-7-5-4-6-8-14/h4-8,15,18H,3,9-11,13H2,1-2H3. The molecule has 0 saturated heterocycles. The van der Waals surface area contributed by atoms with Crippen LogP contribution in [-0.4, -0.2) is 31.1 Å². The molecule has 1 aliphatic rings. The van der Waals surface area contributed by atoms with Crippen LogP contribution in [0.5, 0.6) is 0 Å². The second-order valence-corrected chi connectivity index (χ2v) is 5.46. The van der Waals surface area contributed by atoms with Gasteiger partial charge in [0, 0.05) is 12.6 Å². The third-order valence-electron chi connectivity index (χ3n) is 3.79. The summed E-state index contributed by atoms with van der Waals surface area (Å²) in [4.78, 5) is 2.32. The Hall–Kier alpha value is -1.37. The number of likely N-dealkylation sites (N-methyl/N-ethyl adjacent to an activating group) is 1. The molecular formula is C16H23N3. The number of hydrogen-bond acceptors (Lipinski definition) is 3. The van der Waals surface area contributed by atoms with Gasteiger partial charge in [0.1, 0.15) is 5.54 Å². The summed E-state index contributed by atoms with van der Waals surface area (Å²) in [6.07, 6.45) is 3.56. The maximum atomic E-state index is 9.77. The molecule has 102 valence electrons. The van der Waals surface area contributed by atoms with Crippen molar-refractivity contribution in [1.29, 1.82) is 5.26 Å². The molecule has 0 amide bonds. The number of nitriles is 1. The average molecular weight is 257 g/mol. The van der Waals surface area contributed by atoms with Crippen molar-refractivity contribution >= 4 is 0 Å². The molecule has 3 heteroatoms. The first-order valence-electron chi connectivity index (χ1n) is 7.14. The summed E-state index contributed by atoms with van der Waals surface area (Å²) < 4.78 is 0. The lowest BCUT2D eigenvalue weighted by Gasteiger charge is -2.33. The lowest BCUT2D eigenvalue weighted by Crippen LogP contribution is -2.50. The van der Waals surface area contributed by atoms with E-state index in [0.29, 0.717) is 6.04 Å². The fourth-order valence-electron chi connectivity index (χ4n) is 2.47. The summed E-state index contributed by atoms with van der Waals surface area (Å²) in [5.74, 6) is 0. The molecule has 0 spiro atoms. The van der Waals surface area contributed by atoms with Crippen molar-refractivity contribution in [2.75, 3.05) is 20.1 Å². The summed E-state index contributed by atoms with van der Waals surface area (Å²) in [6.45, 7) is 3.74. The van der Waals surface area contributed by atoms with Gasteiger partial charge in [-0.15, -0.1) is 0 Å². The van der Waals surface area contributed by atoms with Crippen LogP contribution in [0.15, 0.2) is 30.3 Å². The van der Waals surface area contributed by atoms with Crippen LogP contribution in [0, 0.1) is 11.3 Å². The molecule has 0 bridgehead atoms. The minimum atomic E-state index is -0.589. The lowest BCUT2D eigenvalue weighted by molar-refractivity contribution is 0.241. The van der Waals surface area contributed by atoms with Crippen LogP contribution in [0.25, 0.3) is 0 Å². The molecule has 0 radical (unpaired) electrons. The maximum Gasteiger partial charge on any atom is 0.145 e. The first kappa shape index (κ1) is 14.0. The van der Waals surface area contributed by atoms with Gasteiger partial charge in [-0.1, -0.05) is 37.3 Å². The van der Waals surface area contributed by atoms with E-state index >= 15 is 0 Å². The second kappa shape index (κ2) is 6.18. The Balaban J connectivity index is 2.22. The van der Waals surface area contributed by atoms with Crippen LogP contribution < -0.4 is 5.32 Å². The molecule has 1 saturated carbocycles. The summed E-state index contributed by atoms with van der Waals surface area (Å²) in [5, 5.41) is 13.2. The Bertz CT molecular complexity index is 433. The normalized spacial score (nSPS) is 18.0. The van der Waals surface area contributed by atoms with Crippen molar-refractivity contribution in [3.05, 3.63) is 35.9 Å². The molecule has 0 aliphatic heterocycles. The molecule has 1 aliphatic carbocycles. The fraction of sp³-hybridized carbons (Fsp3) is 0.562. The van der Waals surface area contributed by atoms with Crippen molar-refractivity contribution in [1.82, 2.24) is 10.2 Å². The van der Waals surface area contributed by atoms with Crippen molar-refractivity contribution in [3.8, 4) is 6.07 Å². The highest BCUT2D eigenvalue weighted by molar-refractivity contribution is 5.32. The molecule has 1 atom stereocenters. The average Bonchev–Trinajstić information content (AvgIpc) is 3.29. The van der Waals surface area contributed by atoms with Crippen molar-refractivity contribution < 1.29 is 0 Å². The van der Waals surface area contributed by atoms with Crippen LogP contribution in [0.4, 0.5) is 0 Å². The van der Waals surface area contributed by atoms with Gasteiger partial charge in [0.15, 0.2) is 0 Å². The number of nitrogens with one attached hydrogen (secondary N) is 1. The van der Waals surface area contributed by atoms with Gasteiger partial charge in [-0.3, -0.25) is 5.32 Å². The van der Waals surface area contributed by atoms with E-state index in [-0.39, 0.29) is 0 Å². The molecule has 0 aromatic heterocycles. The molecular weight excluding hydrogens is 234 g/mol. The summed E-state index contributed by atoms with van der Waals surface area (Å²) in [6, 6.07) is 13.3. The maximum absolute atomic E-state index is 9.77. The zero-order valence-electron chi connectivity index (χ0n) is 11.9. The Labute approximate surface area is 116 Å². The first-order chi connectivity index (χ1) is 9.22. The van der Waals surface area contributed by atoms with Crippen LogP contribution in [0.2, 0.25) is 0 Å². The van der Waals surface area contributed by atoms with E-state index in [2.05, 4.69) is 30.3 Å².